The quantitative estimate of drug-likeness (QED) is 0.0133. The number of rotatable bonds is 35. The molecule has 392 valence electrons. The van der Waals surface area contributed by atoms with Crippen molar-refractivity contribution in [3.63, 3.8) is 0 Å². The molecule has 0 saturated carbocycles. The first kappa shape index (κ1) is 60.1. The van der Waals surface area contributed by atoms with Crippen LogP contribution in [0.1, 0.15) is 68.9 Å². The number of aliphatic hydroxyl groups is 2. The molecule has 8 atom stereocenters. The summed E-state index contributed by atoms with van der Waals surface area (Å²) < 4.78 is 0. The van der Waals surface area contributed by atoms with Gasteiger partial charge in [0.25, 0.3) is 0 Å². The minimum Gasteiger partial charge on any atom is -0.481 e. The molecule has 2 rings (SSSR count). The molecule has 0 heterocycles. The van der Waals surface area contributed by atoms with Gasteiger partial charge in [-0.05, 0) is 75.6 Å². The molecule has 0 radical (unpaired) electrons. The van der Waals surface area contributed by atoms with Crippen LogP contribution in [-0.4, -0.2) is 156 Å². The normalized spacial score (nSPS) is 14.3. The summed E-state index contributed by atoms with van der Waals surface area (Å²) in [5.74, 6) is -8.09. The smallest absolute Gasteiger partial charge is 0.305 e. The summed E-state index contributed by atoms with van der Waals surface area (Å²) in [4.78, 5) is 124. The number of aliphatic carboxylic acids is 1. The number of carboxylic acids is 1. The lowest BCUT2D eigenvalue weighted by atomic mass is 10.0. The Morgan fingerprint density at radius 1 is 0.521 bits per heavy atom. The molecule has 20 N–H and O–H groups in total. The number of nitrogens with one attached hydrogen (secondary N) is 7. The Kier molecular flexibility index (Phi) is 28.3. The van der Waals surface area contributed by atoms with Crippen LogP contribution in [0.2, 0.25) is 0 Å². The monoisotopic (exact) mass is 998 g/mol. The number of aliphatic imine (C=N–C) groups is 1. The van der Waals surface area contributed by atoms with Crippen molar-refractivity contribution >= 4 is 59.6 Å². The first-order valence-electron chi connectivity index (χ1n) is 23.3. The lowest BCUT2D eigenvalue weighted by Gasteiger charge is -2.28. The van der Waals surface area contributed by atoms with Gasteiger partial charge < -0.3 is 86.0 Å². The number of hydrogen-bond donors (Lipinski definition) is 15. The van der Waals surface area contributed by atoms with Gasteiger partial charge in [0.1, 0.15) is 54.6 Å². The van der Waals surface area contributed by atoms with E-state index in [2.05, 4.69) is 42.2 Å². The van der Waals surface area contributed by atoms with Gasteiger partial charge >= 0.3 is 5.97 Å². The van der Waals surface area contributed by atoms with Crippen molar-refractivity contribution in [2.75, 3.05) is 32.8 Å². The van der Waals surface area contributed by atoms with Gasteiger partial charge in [-0.25, -0.2) is 0 Å². The molecule has 25 heteroatoms. The van der Waals surface area contributed by atoms with Crippen LogP contribution in [0.15, 0.2) is 65.7 Å². The predicted molar refractivity (Wildman–Crippen MR) is 260 cm³/mol. The summed E-state index contributed by atoms with van der Waals surface area (Å²) in [6.45, 7) is -0.932. The first-order valence-corrected chi connectivity index (χ1v) is 23.3. The van der Waals surface area contributed by atoms with Crippen LogP contribution in [0, 0.1) is 0 Å². The summed E-state index contributed by atoms with van der Waals surface area (Å²) in [6, 6.07) is 5.62. The van der Waals surface area contributed by atoms with Gasteiger partial charge in [0, 0.05) is 19.4 Å². The maximum absolute atomic E-state index is 14.2. The highest BCUT2D eigenvalue weighted by Crippen LogP contribution is 2.11. The SMILES string of the molecule is NCCCC[C@H](NC(=O)[C@H](CCCCN)NC(=O)[C@H](CC(=O)O)NC(=O)[C@H](Cc1ccccc1)NC(=O)[C@H](Cc1ccccc1)NC(=O)[C@@H](N)CO)C(=O)N[C@@H](CCCN=C(N)N)C(=O)N[C@H](C=O)CO. The largest absolute Gasteiger partial charge is 0.481 e. The van der Waals surface area contributed by atoms with Gasteiger partial charge in [0.2, 0.25) is 41.4 Å². The van der Waals surface area contributed by atoms with Crippen molar-refractivity contribution in [3.8, 4) is 0 Å². The predicted octanol–water partition coefficient (Wildman–Crippen LogP) is -4.84. The number of aldehydes is 1. The van der Waals surface area contributed by atoms with Crippen LogP contribution in [0.5, 0.6) is 0 Å². The maximum atomic E-state index is 14.2. The third-order valence-electron chi connectivity index (χ3n) is 10.8. The molecular formula is C46H71N13O12. The fourth-order valence-electron chi connectivity index (χ4n) is 6.93. The van der Waals surface area contributed by atoms with Crippen molar-refractivity contribution in [3.05, 3.63) is 71.8 Å². The minimum atomic E-state index is -1.83. The van der Waals surface area contributed by atoms with Crippen molar-refractivity contribution in [2.24, 2.45) is 33.7 Å². The van der Waals surface area contributed by atoms with Gasteiger partial charge in [0.05, 0.1) is 19.6 Å². The summed E-state index contributed by atoms with van der Waals surface area (Å²) in [5.41, 5.74) is 29.1. The van der Waals surface area contributed by atoms with Crippen LogP contribution < -0.4 is 65.9 Å². The molecular weight excluding hydrogens is 927 g/mol. The van der Waals surface area contributed by atoms with E-state index < -0.39 is 115 Å². The highest BCUT2D eigenvalue weighted by Gasteiger charge is 2.35. The van der Waals surface area contributed by atoms with E-state index in [1.807, 2.05) is 0 Å². The number of carbonyl (C=O) groups is 9. The van der Waals surface area contributed by atoms with E-state index >= 15 is 0 Å². The number of aliphatic hydroxyl groups excluding tert-OH is 2. The van der Waals surface area contributed by atoms with Gasteiger partial charge in [0.15, 0.2) is 5.96 Å². The molecule has 0 aliphatic heterocycles. The number of carbonyl (C=O) groups excluding carboxylic acids is 8. The first-order chi connectivity index (χ1) is 34.0. The number of nitrogens with zero attached hydrogens (tertiary/aromatic N) is 1. The Hall–Kier alpha value is -7.06. The summed E-state index contributed by atoms with van der Waals surface area (Å²) >= 11 is 0. The fourth-order valence-corrected chi connectivity index (χ4v) is 6.93. The Morgan fingerprint density at radius 2 is 0.901 bits per heavy atom. The van der Waals surface area contributed by atoms with Crippen molar-refractivity contribution < 1.29 is 58.5 Å². The molecule has 0 unspecified atom stereocenters. The number of carboxylic acid groups (broad SMARTS) is 1. The zero-order valence-electron chi connectivity index (χ0n) is 39.6. The van der Waals surface area contributed by atoms with Gasteiger partial charge in [-0.3, -0.25) is 43.3 Å². The van der Waals surface area contributed by atoms with Crippen molar-refractivity contribution in [1.29, 1.82) is 0 Å². The lowest BCUT2D eigenvalue weighted by molar-refractivity contribution is -0.141. The summed E-state index contributed by atoms with van der Waals surface area (Å²) in [6.07, 6.45) is 0.586. The van der Waals surface area contributed by atoms with E-state index in [9.17, 15) is 58.5 Å². The molecule has 0 saturated heterocycles. The van der Waals surface area contributed by atoms with E-state index in [0.717, 1.165) is 0 Å². The molecule has 25 nitrogen and oxygen atoms in total. The Labute approximate surface area is 411 Å². The number of unbranched alkanes of at least 4 members (excludes halogenated alkanes) is 2. The van der Waals surface area contributed by atoms with E-state index in [4.69, 9.17) is 28.7 Å². The van der Waals surface area contributed by atoms with Gasteiger partial charge in [-0.15, -0.1) is 0 Å². The number of guanidine groups is 1. The fraction of sp³-hybridized carbons (Fsp3) is 0.522. The number of hydrogen-bond acceptors (Lipinski definition) is 15. The Balaban J connectivity index is 2.47. The van der Waals surface area contributed by atoms with E-state index in [0.29, 0.717) is 36.7 Å². The van der Waals surface area contributed by atoms with Crippen LogP contribution in [-0.2, 0) is 56.0 Å². The second-order valence-electron chi connectivity index (χ2n) is 16.6. The standard InChI is InChI=1S/C46H71N13O12/c47-19-9-7-16-32(41(67)55-34(18-11-21-52-46(50)51)40(66)53-30(25-60)26-61)54-42(68)33(17-8-10-20-48)56-45(71)37(24-38(63)64)59-44(70)36(23-29-14-5-2-6-15-29)58-43(69)35(57-39(65)31(49)27-62)22-28-12-3-1-4-13-28/h1-6,12-15,25,30-37,61-62H,7-11,16-24,26-27,47-49H2,(H,53,66)(H,54,68)(H,55,67)(H,56,71)(H,57,65)(H,58,69)(H,59,70)(H,63,64)(H4,50,51,52)/t30-,31+,32+,33+,34+,35+,36+,37+/m1/s1. The Morgan fingerprint density at radius 3 is 1.30 bits per heavy atom. The molecule has 0 bridgehead atoms. The van der Waals surface area contributed by atoms with E-state index in [-0.39, 0.29) is 70.5 Å². The second-order valence-corrected chi connectivity index (χ2v) is 16.6. The molecule has 71 heavy (non-hydrogen) atoms. The van der Waals surface area contributed by atoms with Gasteiger partial charge in [-0.2, -0.15) is 0 Å². The zero-order valence-corrected chi connectivity index (χ0v) is 39.6. The Bertz CT molecular complexity index is 2050. The number of benzene rings is 2. The third kappa shape index (κ3) is 23.4. The molecule has 0 aromatic heterocycles. The molecule has 2 aromatic rings. The van der Waals surface area contributed by atoms with Crippen LogP contribution in [0.25, 0.3) is 0 Å². The zero-order chi connectivity index (χ0) is 52.7. The highest BCUT2D eigenvalue weighted by molar-refractivity contribution is 5.98. The number of amides is 7. The molecule has 0 spiro atoms. The molecule has 0 aliphatic carbocycles. The molecule has 7 amide bonds. The van der Waals surface area contributed by atoms with Crippen LogP contribution >= 0.6 is 0 Å². The molecule has 0 fully saturated rings. The molecule has 0 aliphatic rings. The highest BCUT2D eigenvalue weighted by atomic mass is 16.4. The third-order valence-corrected chi connectivity index (χ3v) is 10.8. The van der Waals surface area contributed by atoms with Crippen molar-refractivity contribution in [2.45, 2.75) is 119 Å². The topological polar surface area (TPSA) is 441 Å². The lowest BCUT2D eigenvalue weighted by Crippen LogP contribution is -2.60. The minimum absolute atomic E-state index is 0.00449. The average molecular weight is 998 g/mol. The average Bonchev–Trinajstić information content (AvgIpc) is 3.35. The van der Waals surface area contributed by atoms with Crippen molar-refractivity contribution in [1.82, 2.24) is 37.2 Å². The number of nitrogens with two attached hydrogens (primary N) is 5. The second kappa shape index (κ2) is 33.5. The van der Waals surface area contributed by atoms with Crippen LogP contribution in [0.3, 0.4) is 0 Å². The summed E-state index contributed by atoms with van der Waals surface area (Å²) in [5, 5.41) is 46.4. The van der Waals surface area contributed by atoms with Gasteiger partial charge in [-0.1, -0.05) is 60.7 Å². The van der Waals surface area contributed by atoms with Crippen LogP contribution in [0.4, 0.5) is 0 Å². The van der Waals surface area contributed by atoms with E-state index in [1.54, 1.807) is 60.7 Å². The summed E-state index contributed by atoms with van der Waals surface area (Å²) in [7, 11) is 0. The molecule has 2 aromatic carbocycles. The van der Waals surface area contributed by atoms with E-state index in [1.165, 1.54) is 0 Å². The maximum Gasteiger partial charge on any atom is 0.305 e.